The first-order valence-electron chi connectivity index (χ1n) is 6.61. The van der Waals surface area contributed by atoms with Gasteiger partial charge in [-0.15, -0.1) is 0 Å². The number of rotatable bonds is 4. The van der Waals surface area contributed by atoms with Gasteiger partial charge in [-0.25, -0.2) is 4.39 Å². The average molecular weight is 269 g/mol. The minimum Gasteiger partial charge on any atom is -0.299 e. The molecular formula is C15H18ClFO. The Morgan fingerprint density at radius 2 is 2.00 bits per heavy atom. The standard InChI is InChI=1S/C15H18ClFO/c16-15-10-13(17)7-6-12(15)9-14(18)8-11-4-2-1-3-5-11/h6-7,10-11H,1-5,8-9H2. The molecule has 1 nitrogen and oxygen atoms in total. The first-order valence-corrected chi connectivity index (χ1v) is 6.98. The third kappa shape index (κ3) is 3.81. The normalized spacial score (nSPS) is 16.8. The van der Waals surface area contributed by atoms with Gasteiger partial charge in [0.2, 0.25) is 0 Å². The molecule has 98 valence electrons. The summed E-state index contributed by atoms with van der Waals surface area (Å²) in [6, 6.07) is 4.23. The van der Waals surface area contributed by atoms with Gasteiger partial charge in [0.25, 0.3) is 0 Å². The van der Waals surface area contributed by atoms with E-state index in [0.717, 1.165) is 5.56 Å². The second-order valence-electron chi connectivity index (χ2n) is 5.16. The largest absolute Gasteiger partial charge is 0.299 e. The maximum absolute atomic E-state index is 12.9. The lowest BCUT2D eigenvalue weighted by atomic mass is 9.85. The summed E-state index contributed by atoms with van der Waals surface area (Å²) in [5.74, 6) is 0.407. The fourth-order valence-electron chi connectivity index (χ4n) is 2.66. The van der Waals surface area contributed by atoms with Crippen LogP contribution in [0.25, 0.3) is 0 Å². The van der Waals surface area contributed by atoms with Crippen LogP contribution in [0, 0.1) is 11.7 Å². The van der Waals surface area contributed by atoms with E-state index in [4.69, 9.17) is 11.6 Å². The fourth-order valence-corrected chi connectivity index (χ4v) is 2.90. The number of Topliss-reactive ketones (excluding diaryl/α,β-unsaturated/α-hetero) is 1. The van der Waals surface area contributed by atoms with Crippen molar-refractivity contribution in [1.29, 1.82) is 0 Å². The highest BCUT2D eigenvalue weighted by Gasteiger charge is 2.17. The second-order valence-corrected chi connectivity index (χ2v) is 5.57. The molecule has 0 N–H and O–H groups in total. The minimum atomic E-state index is -0.358. The lowest BCUT2D eigenvalue weighted by molar-refractivity contribution is -0.119. The topological polar surface area (TPSA) is 17.1 Å². The maximum Gasteiger partial charge on any atom is 0.137 e. The lowest BCUT2D eigenvalue weighted by Crippen LogP contribution is -2.13. The number of hydrogen-bond donors (Lipinski definition) is 0. The van der Waals surface area contributed by atoms with E-state index in [-0.39, 0.29) is 11.6 Å². The molecule has 1 aromatic carbocycles. The van der Waals surface area contributed by atoms with Crippen molar-refractivity contribution in [1.82, 2.24) is 0 Å². The van der Waals surface area contributed by atoms with E-state index in [9.17, 15) is 9.18 Å². The third-order valence-electron chi connectivity index (χ3n) is 3.64. The van der Waals surface area contributed by atoms with Crippen molar-refractivity contribution in [3.63, 3.8) is 0 Å². The Morgan fingerprint density at radius 1 is 1.28 bits per heavy atom. The minimum absolute atomic E-state index is 0.218. The zero-order chi connectivity index (χ0) is 13.0. The van der Waals surface area contributed by atoms with Crippen molar-refractivity contribution >= 4 is 17.4 Å². The molecule has 2 rings (SSSR count). The lowest BCUT2D eigenvalue weighted by Gasteiger charge is -2.20. The van der Waals surface area contributed by atoms with Crippen molar-refractivity contribution in [2.45, 2.75) is 44.9 Å². The van der Waals surface area contributed by atoms with Gasteiger partial charge in [0.1, 0.15) is 11.6 Å². The fraction of sp³-hybridized carbons (Fsp3) is 0.533. The van der Waals surface area contributed by atoms with E-state index in [0.29, 0.717) is 23.8 Å². The molecule has 1 aliphatic rings. The van der Waals surface area contributed by atoms with E-state index in [1.165, 1.54) is 44.2 Å². The zero-order valence-electron chi connectivity index (χ0n) is 10.4. The summed E-state index contributed by atoms with van der Waals surface area (Å²) < 4.78 is 12.9. The summed E-state index contributed by atoms with van der Waals surface area (Å²) in [5, 5.41) is 0.354. The molecule has 0 radical (unpaired) electrons. The van der Waals surface area contributed by atoms with Crippen molar-refractivity contribution in [3.05, 3.63) is 34.6 Å². The molecule has 0 bridgehead atoms. The number of carbonyl (C=O) groups is 1. The quantitative estimate of drug-likeness (QED) is 0.782. The number of carbonyl (C=O) groups excluding carboxylic acids is 1. The van der Waals surface area contributed by atoms with E-state index in [2.05, 4.69) is 0 Å². The molecule has 1 aliphatic carbocycles. The van der Waals surface area contributed by atoms with E-state index in [1.54, 1.807) is 6.07 Å². The first-order chi connectivity index (χ1) is 8.65. The van der Waals surface area contributed by atoms with E-state index >= 15 is 0 Å². The van der Waals surface area contributed by atoms with Crippen molar-refractivity contribution in [2.75, 3.05) is 0 Å². The zero-order valence-corrected chi connectivity index (χ0v) is 11.2. The Bertz CT molecular complexity index is 425. The molecule has 18 heavy (non-hydrogen) atoms. The van der Waals surface area contributed by atoms with Crippen LogP contribution in [0.4, 0.5) is 4.39 Å². The second kappa shape index (κ2) is 6.33. The smallest absolute Gasteiger partial charge is 0.137 e. The van der Waals surface area contributed by atoms with Crippen molar-refractivity contribution < 1.29 is 9.18 Å². The van der Waals surface area contributed by atoms with Gasteiger partial charge in [-0.3, -0.25) is 4.79 Å². The summed E-state index contributed by atoms with van der Waals surface area (Å²) in [4.78, 5) is 12.0. The van der Waals surface area contributed by atoms with Crippen LogP contribution in [0.3, 0.4) is 0 Å². The van der Waals surface area contributed by atoms with Crippen LogP contribution >= 0.6 is 11.6 Å². The Hall–Kier alpha value is -0.890. The molecule has 0 unspecified atom stereocenters. The number of benzene rings is 1. The van der Waals surface area contributed by atoms with Gasteiger partial charge in [-0.2, -0.15) is 0 Å². The maximum atomic E-state index is 12.9. The van der Waals surface area contributed by atoms with Gasteiger partial charge in [0, 0.05) is 17.9 Å². The van der Waals surface area contributed by atoms with Crippen molar-refractivity contribution in [2.24, 2.45) is 5.92 Å². The highest BCUT2D eigenvalue weighted by atomic mass is 35.5. The van der Waals surface area contributed by atoms with Gasteiger partial charge in [-0.1, -0.05) is 49.8 Å². The molecule has 1 fully saturated rings. The molecule has 1 saturated carbocycles. The average Bonchev–Trinajstić information content (AvgIpc) is 2.34. The summed E-state index contributed by atoms with van der Waals surface area (Å²) >= 11 is 5.92. The van der Waals surface area contributed by atoms with E-state index in [1.807, 2.05) is 0 Å². The molecule has 0 saturated heterocycles. The summed E-state index contributed by atoms with van der Waals surface area (Å²) in [7, 11) is 0. The van der Waals surface area contributed by atoms with Gasteiger partial charge in [-0.05, 0) is 23.6 Å². The number of hydrogen-bond acceptors (Lipinski definition) is 1. The Morgan fingerprint density at radius 3 is 2.67 bits per heavy atom. The van der Waals surface area contributed by atoms with Crippen LogP contribution in [0.5, 0.6) is 0 Å². The predicted molar refractivity (Wildman–Crippen MR) is 71.3 cm³/mol. The molecule has 0 amide bonds. The summed E-state index contributed by atoms with van der Waals surface area (Å²) in [6.45, 7) is 0. The molecule has 0 aliphatic heterocycles. The molecule has 1 aromatic rings. The van der Waals surface area contributed by atoms with Crippen LogP contribution in [-0.2, 0) is 11.2 Å². The SMILES string of the molecule is O=C(Cc1ccc(F)cc1Cl)CC1CCCCC1. The van der Waals surface area contributed by atoms with Gasteiger partial charge < -0.3 is 0 Å². The molecule has 0 atom stereocenters. The Balaban J connectivity index is 1.90. The molecule has 0 spiro atoms. The van der Waals surface area contributed by atoms with Crippen LogP contribution in [0.1, 0.15) is 44.1 Å². The molecule has 0 aromatic heterocycles. The molecule has 0 heterocycles. The highest BCUT2D eigenvalue weighted by Crippen LogP contribution is 2.27. The Kier molecular flexibility index (Phi) is 4.76. The third-order valence-corrected chi connectivity index (χ3v) is 4.00. The molecule has 3 heteroatoms. The van der Waals surface area contributed by atoms with Crippen LogP contribution in [0.2, 0.25) is 5.02 Å². The van der Waals surface area contributed by atoms with Crippen LogP contribution in [0.15, 0.2) is 18.2 Å². The van der Waals surface area contributed by atoms with Crippen LogP contribution in [-0.4, -0.2) is 5.78 Å². The van der Waals surface area contributed by atoms with Crippen molar-refractivity contribution in [3.8, 4) is 0 Å². The number of halogens is 2. The highest BCUT2D eigenvalue weighted by molar-refractivity contribution is 6.31. The molecular weight excluding hydrogens is 251 g/mol. The predicted octanol–water partition coefficient (Wildman–Crippen LogP) is 4.56. The Labute approximate surface area is 112 Å². The summed E-state index contributed by atoms with van der Waals surface area (Å²) in [6.07, 6.45) is 7.11. The van der Waals surface area contributed by atoms with E-state index < -0.39 is 0 Å². The van der Waals surface area contributed by atoms with Gasteiger partial charge in [0.15, 0.2) is 0 Å². The first kappa shape index (κ1) is 13.5. The monoisotopic (exact) mass is 268 g/mol. The number of ketones is 1. The summed E-state index contributed by atoms with van der Waals surface area (Å²) in [5.41, 5.74) is 0.735. The van der Waals surface area contributed by atoms with Gasteiger partial charge in [0.05, 0.1) is 0 Å². The van der Waals surface area contributed by atoms with Gasteiger partial charge >= 0.3 is 0 Å². The van der Waals surface area contributed by atoms with Crippen LogP contribution < -0.4 is 0 Å².